The number of hydrogen-bond acceptors (Lipinski definition) is 19. The number of rotatable bonds is 16. The number of hydrogen-bond donors (Lipinski definition) is 4. The number of piperazine rings is 3. The minimum atomic E-state index is -0.946. The van der Waals surface area contributed by atoms with Gasteiger partial charge in [-0.2, -0.15) is 0 Å². The molecule has 6 unspecified atom stereocenters. The monoisotopic (exact) mass is 1980 g/mol. The van der Waals surface area contributed by atoms with Crippen molar-refractivity contribution in [2.45, 2.75) is 164 Å². The van der Waals surface area contributed by atoms with Crippen LogP contribution in [-0.4, -0.2) is 225 Å². The second kappa shape index (κ2) is 38.2. The maximum Gasteiger partial charge on any atom is 0.281 e. The lowest BCUT2D eigenvalue weighted by Gasteiger charge is -2.52. The zero-order chi connectivity index (χ0) is 104. The van der Waals surface area contributed by atoms with E-state index < -0.39 is 69.6 Å². The molecule has 0 radical (unpaired) electrons. The molecule has 0 spiro atoms. The Kier molecular flexibility index (Phi) is 26.0. The molecule has 754 valence electrons. The topological polar surface area (TPSA) is 300 Å². The van der Waals surface area contributed by atoms with E-state index in [0.29, 0.717) is 169 Å². The molecule has 15 aromatic rings. The fourth-order valence-corrected chi connectivity index (χ4v) is 22.8. The van der Waals surface area contributed by atoms with E-state index in [9.17, 15) is 28.8 Å². The lowest BCUT2D eigenvalue weighted by molar-refractivity contribution is -0.131. The molecule has 9 aromatic heterocycles. The van der Waals surface area contributed by atoms with Gasteiger partial charge in [-0.05, 0) is 213 Å². The Balaban J connectivity index is 0.000000138. The van der Waals surface area contributed by atoms with Gasteiger partial charge in [-0.3, -0.25) is 62.2 Å². The summed E-state index contributed by atoms with van der Waals surface area (Å²) >= 11 is 0. The van der Waals surface area contributed by atoms with E-state index in [1.807, 2.05) is 126 Å². The van der Waals surface area contributed by atoms with Gasteiger partial charge in [-0.25, -0.2) is 41.3 Å². The van der Waals surface area contributed by atoms with Gasteiger partial charge in [-0.1, -0.05) is 79.5 Å². The number of carbonyl (C=O) groups is 4. The van der Waals surface area contributed by atoms with Crippen molar-refractivity contribution in [3.8, 4) is 50.4 Å². The third kappa shape index (κ3) is 16.1. The van der Waals surface area contributed by atoms with Crippen LogP contribution in [0.1, 0.15) is 137 Å². The fourth-order valence-electron chi connectivity index (χ4n) is 22.8. The predicted octanol–water partition coefficient (Wildman–Crippen LogP) is 17.8. The van der Waals surface area contributed by atoms with E-state index in [1.54, 1.807) is 91.3 Å². The number of nitrogens with zero attached hydrogens (tertiary/aromatic N) is 18. The molecule has 4 amide bonds. The average molecular weight is 1980 g/mol. The summed E-state index contributed by atoms with van der Waals surface area (Å²) in [7, 11) is 5.81. The number of amides is 4. The summed E-state index contributed by atoms with van der Waals surface area (Å²) in [6.45, 7) is 43.2. The molecular formula is C111H116F6N22O7. The van der Waals surface area contributed by atoms with Crippen molar-refractivity contribution < 1.29 is 45.5 Å². The van der Waals surface area contributed by atoms with Gasteiger partial charge in [0.15, 0.2) is 17.5 Å². The van der Waals surface area contributed by atoms with Gasteiger partial charge in [0.2, 0.25) is 23.6 Å². The third-order valence-electron chi connectivity index (χ3n) is 29.7. The third-order valence-corrected chi connectivity index (χ3v) is 29.7. The van der Waals surface area contributed by atoms with E-state index in [2.05, 4.69) is 84.5 Å². The summed E-state index contributed by atoms with van der Waals surface area (Å²) in [5.41, 5.74) is 10.5. The fraction of sp³-hybridized carbons (Fsp3) is 0.342. The van der Waals surface area contributed by atoms with Gasteiger partial charge in [0.1, 0.15) is 40.6 Å². The molecule has 3 saturated heterocycles. The first-order valence-corrected chi connectivity index (χ1v) is 49.2. The number of anilines is 6. The van der Waals surface area contributed by atoms with Crippen molar-refractivity contribution >= 4 is 124 Å². The number of imidazole rings is 3. The Bertz CT molecular complexity index is 8220. The minimum absolute atomic E-state index is 0.00445. The molecule has 6 aromatic carbocycles. The first kappa shape index (κ1) is 99.2. The number of aromatic amines is 3. The first-order chi connectivity index (χ1) is 69.7. The van der Waals surface area contributed by atoms with Crippen LogP contribution in [0.4, 0.5) is 60.5 Å². The number of likely N-dealkylation sites (N-methyl/N-ethyl adjacent to an activating group) is 1. The second-order valence-electron chi connectivity index (χ2n) is 40.5. The Morgan fingerprint density at radius 2 is 0.767 bits per heavy atom. The van der Waals surface area contributed by atoms with E-state index in [0.717, 1.165) is 24.1 Å². The number of aryl methyl sites for hydroxylation is 6. The van der Waals surface area contributed by atoms with Crippen molar-refractivity contribution in [3.05, 3.63) is 265 Å². The highest BCUT2D eigenvalue weighted by Crippen LogP contribution is 2.52. The quantitative estimate of drug-likeness (QED) is 0.0516. The van der Waals surface area contributed by atoms with Crippen molar-refractivity contribution in [2.24, 2.45) is 0 Å². The Morgan fingerprint density at radius 1 is 0.418 bits per heavy atom. The van der Waals surface area contributed by atoms with Crippen LogP contribution < -0.4 is 46.5 Å². The summed E-state index contributed by atoms with van der Waals surface area (Å²) in [5, 5.41) is 3.41. The van der Waals surface area contributed by atoms with Crippen LogP contribution in [0.25, 0.3) is 116 Å². The number of halogens is 6. The highest BCUT2D eigenvalue weighted by atomic mass is 19.2. The van der Waals surface area contributed by atoms with Crippen LogP contribution in [0.2, 0.25) is 0 Å². The molecule has 21 rings (SSSR count). The summed E-state index contributed by atoms with van der Waals surface area (Å²) < 4.78 is 108. The number of nitrogens with one attached hydrogen (secondary N) is 4. The molecule has 0 saturated carbocycles. The maximum atomic E-state index is 17.9. The van der Waals surface area contributed by atoms with Crippen LogP contribution in [-0.2, 0) is 19.2 Å². The van der Waals surface area contributed by atoms with E-state index in [-0.39, 0.29) is 139 Å². The molecule has 35 heteroatoms. The maximum absolute atomic E-state index is 17.9. The minimum Gasteiger partial charge on any atom is -0.366 e. The SMILES string of the molecule is C=CC(=O)N1CC2C(=O)Nc3c(c4cc(F)c(-c5c(C)ccc6[nH]cnc56)c(F)c4n(-c4c(C)ccnc4C(C)C)c3=O)N2CC1C.C=CC(=O)N1CC2CN(C)c3c(c4cc(F)c(-c5c(C)ccc6[nH]cnc56)c(F)c4n(-c4c(C)ccnc4C(C)C)c3=O)N2CC1C.C=CC(=O)N1CC2CN(CCCN(C)C)c3c(c4cc(F)c(-c5c(C)ccc6[nH]cnc56)c(F)c4n(-c4c(C)ccnc4C(C)C)c3=O)N2CC1C. The predicted molar refractivity (Wildman–Crippen MR) is 563 cm³/mol. The summed E-state index contributed by atoms with van der Waals surface area (Å²) in [5.74, 6) is -6.56. The molecule has 3 fully saturated rings. The number of aromatic nitrogens is 12. The molecule has 146 heavy (non-hydrogen) atoms. The standard InChI is InChI=1S/C40H46F2N8O2.C36H37F2N7O2.C35H33F2N7O3/c1-9-30(51)48-20-26-19-47(16-10-15-46(7)8)39-38(49(26)18-25(48)6)27-17-28(41)32(31-23(4)11-12-29-35(31)45-21-44-29)33(42)37(27)50(40(39)52)36-24(5)13-14-43-34(36)22(2)3;1-8-26(46)43-16-22-15-42(7)35-34(44(22)14-21(43)6)23-13-24(37)28(27-19(4)9-10-25-31(27)41-17-40-25)29(38)33(23)45(36(35)47)32-20(5)11-12-39-30(32)18(2)3;1-7-24(45)42-14-23-34(46)41-30-33(43(23)13-19(42)6)20-12-21(36)26(25-17(4)8-9-22-29(25)40-15-39-22)27(37)32(20)44(35(30)47)31-18(5)10-11-38-28(31)16(2)3/h9,11-14,17,21-22,25-26H,1,10,15-16,18-20H2,2-8H3,(H,44,45);8-13,17-18,21-22H,1,14-16H2,2-7H3,(H,40,41);7-12,15-16,19,23H,1,13-14H2,2-6H3,(H,39,40)(H,41,46). The smallest absolute Gasteiger partial charge is 0.281 e. The summed E-state index contributed by atoms with van der Waals surface area (Å²) in [6.07, 6.45) is 14.0. The van der Waals surface area contributed by atoms with Crippen LogP contribution >= 0.6 is 0 Å². The lowest BCUT2D eigenvalue weighted by Crippen LogP contribution is -2.64. The van der Waals surface area contributed by atoms with Gasteiger partial charge < -0.3 is 64.4 Å². The van der Waals surface area contributed by atoms with Gasteiger partial charge >= 0.3 is 0 Å². The summed E-state index contributed by atoms with van der Waals surface area (Å²) in [4.78, 5) is 150. The molecule has 15 heterocycles. The Hall–Kier alpha value is -15.6. The average Bonchev–Trinajstić information content (AvgIpc) is 0.947. The van der Waals surface area contributed by atoms with Crippen LogP contribution in [0.3, 0.4) is 0 Å². The first-order valence-electron chi connectivity index (χ1n) is 49.2. The highest BCUT2D eigenvalue weighted by molar-refractivity contribution is 6.14. The van der Waals surface area contributed by atoms with E-state index >= 15 is 31.1 Å². The molecule has 6 atom stereocenters. The summed E-state index contributed by atoms with van der Waals surface area (Å²) in [6, 6.07) is 17.9. The van der Waals surface area contributed by atoms with Crippen molar-refractivity contribution in [3.63, 3.8) is 0 Å². The van der Waals surface area contributed by atoms with Crippen molar-refractivity contribution in [2.75, 3.05) is 116 Å². The van der Waals surface area contributed by atoms with E-state index in [1.165, 1.54) is 74.0 Å². The largest absolute Gasteiger partial charge is 0.366 e. The lowest BCUT2D eigenvalue weighted by atomic mass is 9.93. The Morgan fingerprint density at radius 3 is 1.14 bits per heavy atom. The van der Waals surface area contributed by atoms with Crippen molar-refractivity contribution in [1.29, 1.82) is 0 Å². The number of fused-ring (bicyclic) bond motifs is 18. The number of benzene rings is 6. The second-order valence-corrected chi connectivity index (χ2v) is 40.5. The number of pyridine rings is 6. The number of carbonyl (C=O) groups excluding carboxylic acids is 4. The molecule has 4 N–H and O–H groups in total. The highest BCUT2D eigenvalue weighted by Gasteiger charge is 2.49. The normalized spacial score (nSPS) is 17.6. The molecule has 0 bridgehead atoms. The van der Waals surface area contributed by atoms with Gasteiger partial charge in [0, 0.05) is 129 Å². The zero-order valence-corrected chi connectivity index (χ0v) is 84.9. The molecular weight excluding hydrogens is 1870 g/mol. The van der Waals surface area contributed by atoms with Crippen LogP contribution in [0.15, 0.2) is 163 Å². The van der Waals surface area contributed by atoms with Crippen molar-refractivity contribution in [1.82, 2.24) is 78.2 Å². The molecule has 29 nitrogen and oxygen atoms in total. The number of H-pyrrole nitrogens is 3. The van der Waals surface area contributed by atoms with Crippen LogP contribution in [0.5, 0.6) is 0 Å². The molecule has 6 aliphatic heterocycles. The van der Waals surface area contributed by atoms with E-state index in [4.69, 9.17) is 4.98 Å². The van der Waals surface area contributed by atoms with Gasteiger partial charge in [0.05, 0.1) is 155 Å². The molecule has 6 aliphatic rings. The van der Waals surface area contributed by atoms with Gasteiger partial charge in [-0.15, -0.1) is 0 Å². The molecule has 0 aliphatic carbocycles. The zero-order valence-electron chi connectivity index (χ0n) is 84.9. The Labute approximate surface area is 838 Å². The van der Waals surface area contributed by atoms with Crippen LogP contribution in [0, 0.1) is 76.4 Å². The van der Waals surface area contributed by atoms with Gasteiger partial charge in [0.25, 0.3) is 16.7 Å².